The van der Waals surface area contributed by atoms with Gasteiger partial charge in [-0.2, -0.15) is 0 Å². The van der Waals surface area contributed by atoms with E-state index in [1.54, 1.807) is 0 Å². The van der Waals surface area contributed by atoms with E-state index < -0.39 is 5.97 Å². The molecular formula is C11H18N2O3. The Bertz CT molecular complexity index is 300. The Morgan fingerprint density at radius 2 is 2.06 bits per heavy atom. The van der Waals surface area contributed by atoms with Crippen molar-refractivity contribution >= 4 is 12.0 Å². The maximum atomic E-state index is 11.7. The highest BCUT2D eigenvalue weighted by atomic mass is 16.4. The van der Waals surface area contributed by atoms with Gasteiger partial charge in [-0.15, -0.1) is 0 Å². The van der Waals surface area contributed by atoms with Crippen LogP contribution < -0.4 is 5.32 Å². The van der Waals surface area contributed by atoms with E-state index in [0.717, 1.165) is 19.5 Å². The lowest BCUT2D eigenvalue weighted by atomic mass is 9.68. The summed E-state index contributed by atoms with van der Waals surface area (Å²) in [6, 6.07) is -0.106. The molecule has 0 aromatic heterocycles. The highest BCUT2D eigenvalue weighted by Crippen LogP contribution is 2.47. The highest BCUT2D eigenvalue weighted by Gasteiger charge is 2.43. The lowest BCUT2D eigenvalue weighted by Crippen LogP contribution is -2.41. The van der Waals surface area contributed by atoms with Gasteiger partial charge < -0.3 is 15.3 Å². The van der Waals surface area contributed by atoms with Gasteiger partial charge in [-0.1, -0.05) is 6.42 Å². The van der Waals surface area contributed by atoms with Gasteiger partial charge in [-0.05, 0) is 24.7 Å². The van der Waals surface area contributed by atoms with Crippen molar-refractivity contribution in [1.82, 2.24) is 10.2 Å². The number of rotatable bonds is 3. The first-order chi connectivity index (χ1) is 7.61. The van der Waals surface area contributed by atoms with Crippen LogP contribution >= 0.6 is 0 Å². The Hall–Kier alpha value is -1.26. The zero-order valence-electron chi connectivity index (χ0n) is 9.37. The highest BCUT2D eigenvalue weighted by molar-refractivity contribution is 5.75. The number of urea groups is 1. The van der Waals surface area contributed by atoms with E-state index in [4.69, 9.17) is 5.11 Å². The Morgan fingerprint density at radius 1 is 1.31 bits per heavy atom. The number of aliphatic carboxylic acids is 1. The second kappa shape index (κ2) is 4.31. The average molecular weight is 226 g/mol. The summed E-state index contributed by atoms with van der Waals surface area (Å²) >= 11 is 0. The standard InChI is InChI=1S/C11H18N2O3/c14-9(15)2-6-12-10(16)13-7-5-11(8-13)3-1-4-11/h1-8H2,(H,12,16)(H,14,15). The van der Waals surface area contributed by atoms with Crippen molar-refractivity contribution in [3.8, 4) is 0 Å². The summed E-state index contributed by atoms with van der Waals surface area (Å²) in [5, 5.41) is 11.1. The van der Waals surface area contributed by atoms with Crippen LogP contribution in [0.4, 0.5) is 4.79 Å². The van der Waals surface area contributed by atoms with Gasteiger partial charge >= 0.3 is 12.0 Å². The molecule has 1 heterocycles. The molecule has 1 spiro atoms. The fraction of sp³-hybridized carbons (Fsp3) is 0.818. The minimum absolute atomic E-state index is 0.00920. The molecule has 0 radical (unpaired) electrons. The van der Waals surface area contributed by atoms with Crippen LogP contribution in [0, 0.1) is 5.41 Å². The molecule has 1 aliphatic carbocycles. The predicted octanol–water partition coefficient (Wildman–Crippen LogP) is 1.05. The Kier molecular flexibility index (Phi) is 3.03. The van der Waals surface area contributed by atoms with Gasteiger partial charge in [-0.3, -0.25) is 4.79 Å². The fourth-order valence-corrected chi connectivity index (χ4v) is 2.58. The number of carbonyl (C=O) groups excluding carboxylic acids is 1. The monoisotopic (exact) mass is 226 g/mol. The van der Waals surface area contributed by atoms with Crippen LogP contribution in [0.5, 0.6) is 0 Å². The number of carbonyl (C=O) groups is 2. The third-order valence-corrected chi connectivity index (χ3v) is 3.75. The smallest absolute Gasteiger partial charge is 0.317 e. The first-order valence-corrected chi connectivity index (χ1v) is 5.86. The van der Waals surface area contributed by atoms with Crippen molar-refractivity contribution in [3.05, 3.63) is 0 Å². The molecule has 2 amide bonds. The maximum absolute atomic E-state index is 11.7. The van der Waals surface area contributed by atoms with Crippen LogP contribution in [-0.4, -0.2) is 41.6 Å². The molecule has 0 atom stereocenters. The first-order valence-electron chi connectivity index (χ1n) is 5.86. The maximum Gasteiger partial charge on any atom is 0.317 e. The molecule has 2 aliphatic rings. The molecule has 1 saturated heterocycles. The number of hydrogen-bond acceptors (Lipinski definition) is 2. The summed E-state index contributed by atoms with van der Waals surface area (Å²) in [7, 11) is 0. The molecule has 1 aliphatic heterocycles. The molecule has 0 aromatic rings. The molecule has 16 heavy (non-hydrogen) atoms. The summed E-state index contributed by atoms with van der Waals surface area (Å²) in [6.07, 6.45) is 4.87. The number of nitrogens with zero attached hydrogens (tertiary/aromatic N) is 1. The summed E-state index contributed by atoms with van der Waals surface area (Å²) < 4.78 is 0. The SMILES string of the molecule is O=C(O)CCNC(=O)N1CCC2(CCC2)C1. The van der Waals surface area contributed by atoms with E-state index in [2.05, 4.69) is 5.32 Å². The van der Waals surface area contributed by atoms with Gasteiger partial charge in [0.1, 0.15) is 0 Å². The normalized spacial score (nSPS) is 21.9. The van der Waals surface area contributed by atoms with Crippen LogP contribution in [0.1, 0.15) is 32.1 Å². The largest absolute Gasteiger partial charge is 0.481 e. The Labute approximate surface area is 94.8 Å². The van der Waals surface area contributed by atoms with Crippen LogP contribution in [0.25, 0.3) is 0 Å². The predicted molar refractivity (Wildman–Crippen MR) is 58.1 cm³/mol. The second-order valence-electron chi connectivity index (χ2n) is 4.90. The summed E-state index contributed by atoms with van der Waals surface area (Å²) in [4.78, 5) is 23.8. The number of likely N-dealkylation sites (tertiary alicyclic amines) is 1. The third-order valence-electron chi connectivity index (χ3n) is 3.75. The molecule has 2 rings (SSSR count). The minimum Gasteiger partial charge on any atom is -0.481 e. The number of amides is 2. The molecular weight excluding hydrogens is 208 g/mol. The van der Waals surface area contributed by atoms with E-state index in [9.17, 15) is 9.59 Å². The Balaban J connectivity index is 1.72. The third kappa shape index (κ3) is 2.28. The topological polar surface area (TPSA) is 69.6 Å². The van der Waals surface area contributed by atoms with Crippen LogP contribution in [0.15, 0.2) is 0 Å². The van der Waals surface area contributed by atoms with Crippen LogP contribution in [-0.2, 0) is 4.79 Å². The van der Waals surface area contributed by atoms with E-state index in [1.807, 2.05) is 4.90 Å². The molecule has 1 saturated carbocycles. The second-order valence-corrected chi connectivity index (χ2v) is 4.90. The van der Waals surface area contributed by atoms with E-state index in [0.29, 0.717) is 5.41 Å². The minimum atomic E-state index is -0.878. The van der Waals surface area contributed by atoms with Crippen molar-refractivity contribution in [2.75, 3.05) is 19.6 Å². The van der Waals surface area contributed by atoms with Crippen molar-refractivity contribution < 1.29 is 14.7 Å². The van der Waals surface area contributed by atoms with Crippen molar-refractivity contribution in [1.29, 1.82) is 0 Å². The van der Waals surface area contributed by atoms with Gasteiger partial charge in [-0.25, -0.2) is 4.79 Å². The lowest BCUT2D eigenvalue weighted by molar-refractivity contribution is -0.136. The molecule has 2 N–H and O–H groups in total. The van der Waals surface area contributed by atoms with E-state index >= 15 is 0 Å². The van der Waals surface area contributed by atoms with Gasteiger partial charge in [0.15, 0.2) is 0 Å². The Morgan fingerprint density at radius 3 is 2.56 bits per heavy atom. The van der Waals surface area contributed by atoms with Gasteiger partial charge in [0.25, 0.3) is 0 Å². The average Bonchev–Trinajstić information content (AvgIpc) is 2.61. The summed E-state index contributed by atoms with van der Waals surface area (Å²) in [5.74, 6) is -0.878. The zero-order valence-corrected chi connectivity index (χ0v) is 9.37. The van der Waals surface area contributed by atoms with Crippen LogP contribution in [0.3, 0.4) is 0 Å². The molecule has 2 fully saturated rings. The first kappa shape index (κ1) is 11.2. The van der Waals surface area contributed by atoms with E-state index in [-0.39, 0.29) is 19.0 Å². The van der Waals surface area contributed by atoms with Crippen molar-refractivity contribution in [2.24, 2.45) is 5.41 Å². The fourth-order valence-electron chi connectivity index (χ4n) is 2.58. The number of carboxylic acids is 1. The number of carboxylic acid groups (broad SMARTS) is 1. The van der Waals surface area contributed by atoms with Gasteiger partial charge in [0.05, 0.1) is 6.42 Å². The zero-order chi connectivity index (χ0) is 11.6. The van der Waals surface area contributed by atoms with Crippen molar-refractivity contribution in [2.45, 2.75) is 32.1 Å². The quantitative estimate of drug-likeness (QED) is 0.755. The molecule has 0 unspecified atom stereocenters. The summed E-state index contributed by atoms with van der Waals surface area (Å²) in [5.41, 5.74) is 0.407. The lowest BCUT2D eigenvalue weighted by Gasteiger charge is -2.37. The molecule has 90 valence electrons. The number of hydrogen-bond donors (Lipinski definition) is 2. The van der Waals surface area contributed by atoms with Crippen molar-refractivity contribution in [3.63, 3.8) is 0 Å². The molecule has 0 aromatic carbocycles. The van der Waals surface area contributed by atoms with E-state index in [1.165, 1.54) is 19.3 Å². The number of nitrogens with one attached hydrogen (secondary N) is 1. The summed E-state index contributed by atoms with van der Waals surface area (Å²) in [6.45, 7) is 1.89. The molecule has 5 nitrogen and oxygen atoms in total. The molecule has 5 heteroatoms. The molecule has 0 bridgehead atoms. The van der Waals surface area contributed by atoms with Crippen LogP contribution in [0.2, 0.25) is 0 Å². The van der Waals surface area contributed by atoms with Gasteiger partial charge in [0.2, 0.25) is 0 Å². The van der Waals surface area contributed by atoms with Gasteiger partial charge in [0, 0.05) is 19.6 Å².